The van der Waals surface area contributed by atoms with Crippen molar-refractivity contribution < 1.29 is 24.4 Å². The van der Waals surface area contributed by atoms with Gasteiger partial charge in [0.05, 0.1) is 22.3 Å². The molecule has 0 unspecified atom stereocenters. The van der Waals surface area contributed by atoms with Crippen molar-refractivity contribution >= 4 is 29.3 Å². The molecule has 1 amide bonds. The van der Waals surface area contributed by atoms with Gasteiger partial charge in [0.1, 0.15) is 12.6 Å². The predicted octanol–water partition coefficient (Wildman–Crippen LogP) is 3.05. The van der Waals surface area contributed by atoms with Gasteiger partial charge >= 0.3 is 5.97 Å². The summed E-state index contributed by atoms with van der Waals surface area (Å²) in [6.45, 7) is 3.72. The van der Waals surface area contributed by atoms with Gasteiger partial charge in [0.15, 0.2) is 0 Å². The summed E-state index contributed by atoms with van der Waals surface area (Å²) in [7, 11) is 0. The van der Waals surface area contributed by atoms with Crippen molar-refractivity contribution in [2.45, 2.75) is 42.7 Å². The number of fused-ring (bicyclic) bond motifs is 1. The lowest BCUT2D eigenvalue weighted by Gasteiger charge is -2.45. The Morgan fingerprint density at radius 2 is 1.87 bits per heavy atom. The maximum atomic E-state index is 12.9. The third-order valence-corrected chi connectivity index (χ3v) is 7.31. The smallest absolute Gasteiger partial charge is 0.330 e. The van der Waals surface area contributed by atoms with Crippen LogP contribution in [0.3, 0.4) is 0 Å². The third kappa shape index (κ3) is 3.79. The van der Waals surface area contributed by atoms with E-state index in [0.29, 0.717) is 11.1 Å². The Bertz CT molecular complexity index is 1010. The van der Waals surface area contributed by atoms with Gasteiger partial charge in [0.2, 0.25) is 5.91 Å². The number of non-ortho nitro benzene ring substituents is 1. The average Bonchev–Trinajstić information content (AvgIpc) is 3.00. The molecule has 2 fully saturated rings. The van der Waals surface area contributed by atoms with Crippen LogP contribution in [0, 0.1) is 16.0 Å². The Kier molecular flexibility index (Phi) is 5.49. The lowest BCUT2D eigenvalue weighted by atomic mass is 9.85. The van der Waals surface area contributed by atoms with Crippen LogP contribution in [0.15, 0.2) is 54.6 Å². The topological polar surface area (TPSA) is 110 Å². The van der Waals surface area contributed by atoms with Crippen molar-refractivity contribution in [2.24, 2.45) is 5.92 Å². The quantitative estimate of drug-likeness (QED) is 0.317. The Balaban J connectivity index is 1.45. The molecular weight excluding hydrogens is 420 g/mol. The third-order valence-electron chi connectivity index (χ3n) is 5.71. The number of aliphatic hydroxyl groups is 1. The van der Waals surface area contributed by atoms with Crippen molar-refractivity contribution in [2.75, 3.05) is 0 Å². The number of amides is 1. The van der Waals surface area contributed by atoms with Gasteiger partial charge in [-0.15, -0.1) is 11.8 Å². The zero-order chi connectivity index (χ0) is 22.3. The number of benzene rings is 2. The molecule has 2 aromatic carbocycles. The van der Waals surface area contributed by atoms with E-state index in [-0.39, 0.29) is 23.6 Å². The number of hydrogen-bond donors (Lipinski definition) is 1. The molecule has 2 aliphatic heterocycles. The lowest BCUT2D eigenvalue weighted by molar-refractivity contribution is -0.384. The van der Waals surface area contributed by atoms with E-state index < -0.39 is 33.7 Å². The van der Waals surface area contributed by atoms with Gasteiger partial charge in [-0.1, -0.05) is 30.3 Å². The maximum Gasteiger partial charge on any atom is 0.330 e. The zero-order valence-electron chi connectivity index (χ0n) is 17.0. The number of rotatable bonds is 6. The van der Waals surface area contributed by atoms with Crippen LogP contribution in [0.5, 0.6) is 0 Å². The SMILES string of the molecule is CC1(C)S[C@@H]2[C@H]([C@@H](O)c3ccccc3)C(=O)N2[C@H]1C(=O)OCc1ccc([N+](=O)[O-])cc1. The highest BCUT2D eigenvalue weighted by molar-refractivity contribution is 8.01. The number of thioether (sulfide) groups is 1. The van der Waals surface area contributed by atoms with Crippen LogP contribution < -0.4 is 0 Å². The molecule has 1 N–H and O–H groups in total. The summed E-state index contributed by atoms with van der Waals surface area (Å²) in [5, 5.41) is 21.2. The van der Waals surface area contributed by atoms with Gasteiger partial charge in [-0.05, 0) is 37.1 Å². The summed E-state index contributed by atoms with van der Waals surface area (Å²) in [5.41, 5.74) is 1.25. The number of carbonyl (C=O) groups excluding carboxylic acids is 2. The second-order valence-electron chi connectivity index (χ2n) is 8.17. The van der Waals surface area contributed by atoms with Gasteiger partial charge < -0.3 is 14.7 Å². The van der Waals surface area contributed by atoms with E-state index in [2.05, 4.69) is 0 Å². The minimum Gasteiger partial charge on any atom is -0.459 e. The van der Waals surface area contributed by atoms with E-state index in [4.69, 9.17) is 4.74 Å². The summed E-state index contributed by atoms with van der Waals surface area (Å²) in [4.78, 5) is 37.6. The highest BCUT2D eigenvalue weighted by Crippen LogP contribution is 2.56. The van der Waals surface area contributed by atoms with Gasteiger partial charge in [0, 0.05) is 16.9 Å². The second-order valence-corrected chi connectivity index (χ2v) is 9.94. The van der Waals surface area contributed by atoms with E-state index in [1.165, 1.54) is 40.9 Å². The predicted molar refractivity (Wildman–Crippen MR) is 114 cm³/mol. The molecule has 162 valence electrons. The fraction of sp³-hybridized carbons (Fsp3) is 0.364. The summed E-state index contributed by atoms with van der Waals surface area (Å²) in [6, 6.07) is 14.0. The van der Waals surface area contributed by atoms with E-state index in [1.54, 1.807) is 12.1 Å². The highest BCUT2D eigenvalue weighted by Gasteiger charge is 2.65. The molecular formula is C22H22N2O6S. The molecule has 9 heteroatoms. The van der Waals surface area contributed by atoms with Crippen LogP contribution in [0.25, 0.3) is 0 Å². The second kappa shape index (κ2) is 7.97. The number of hydrogen-bond acceptors (Lipinski definition) is 7. The molecule has 0 aromatic heterocycles. The molecule has 4 atom stereocenters. The summed E-state index contributed by atoms with van der Waals surface area (Å²) in [6.07, 6.45) is -0.937. The number of esters is 1. The van der Waals surface area contributed by atoms with Crippen LogP contribution in [0.2, 0.25) is 0 Å². The van der Waals surface area contributed by atoms with Crippen molar-refractivity contribution in [3.63, 3.8) is 0 Å². The summed E-state index contributed by atoms with van der Waals surface area (Å²) in [5.74, 6) is -1.41. The van der Waals surface area contributed by atoms with Crippen LogP contribution in [0.4, 0.5) is 5.69 Å². The molecule has 31 heavy (non-hydrogen) atoms. The minimum atomic E-state index is -0.937. The number of nitrogens with zero attached hydrogens (tertiary/aromatic N) is 2. The fourth-order valence-corrected chi connectivity index (χ4v) is 5.83. The number of aliphatic hydroxyl groups excluding tert-OH is 1. The Morgan fingerprint density at radius 1 is 1.23 bits per heavy atom. The number of ether oxygens (including phenoxy) is 1. The highest BCUT2D eigenvalue weighted by atomic mass is 32.2. The fourth-order valence-electron chi connectivity index (χ4n) is 4.12. The molecule has 2 aliphatic rings. The molecule has 0 aliphatic carbocycles. The molecule has 2 heterocycles. The first kappa shape index (κ1) is 21.3. The Labute approximate surface area is 183 Å². The van der Waals surface area contributed by atoms with Crippen molar-refractivity contribution in [3.05, 3.63) is 75.8 Å². The standard InChI is InChI=1S/C22H22N2O6S/c1-22(2)18(21(27)30-12-13-8-10-15(11-9-13)24(28)29)23-19(26)16(20(23)31-22)17(25)14-6-4-3-5-7-14/h3-11,16-18,20,25H,12H2,1-2H3/t16-,17+,18+,20-/m1/s1. The molecule has 8 nitrogen and oxygen atoms in total. The Morgan fingerprint density at radius 3 is 2.48 bits per heavy atom. The largest absolute Gasteiger partial charge is 0.459 e. The van der Waals surface area contributed by atoms with Gasteiger partial charge in [0.25, 0.3) is 5.69 Å². The summed E-state index contributed by atoms with van der Waals surface area (Å²) >= 11 is 1.49. The zero-order valence-corrected chi connectivity index (χ0v) is 17.8. The van der Waals surface area contributed by atoms with E-state index >= 15 is 0 Å². The molecule has 0 saturated carbocycles. The number of nitro groups is 1. The van der Waals surface area contributed by atoms with E-state index in [0.717, 1.165) is 0 Å². The minimum absolute atomic E-state index is 0.0413. The average molecular weight is 442 g/mol. The molecule has 0 bridgehead atoms. The molecule has 0 spiro atoms. The van der Waals surface area contributed by atoms with Crippen LogP contribution >= 0.6 is 11.8 Å². The van der Waals surface area contributed by atoms with Crippen LogP contribution in [-0.4, -0.2) is 43.0 Å². The molecule has 2 aromatic rings. The van der Waals surface area contributed by atoms with Crippen LogP contribution in [0.1, 0.15) is 31.1 Å². The first-order valence-electron chi connectivity index (χ1n) is 9.83. The van der Waals surface area contributed by atoms with Crippen LogP contribution in [-0.2, 0) is 20.9 Å². The van der Waals surface area contributed by atoms with Crippen molar-refractivity contribution in [3.8, 4) is 0 Å². The maximum absolute atomic E-state index is 12.9. The normalized spacial score (nSPS) is 24.8. The van der Waals surface area contributed by atoms with Gasteiger partial charge in [-0.3, -0.25) is 14.9 Å². The lowest BCUT2D eigenvalue weighted by Crippen LogP contribution is -2.64. The number of carbonyl (C=O) groups is 2. The molecule has 0 radical (unpaired) electrons. The molecule has 2 saturated heterocycles. The van der Waals surface area contributed by atoms with E-state index in [9.17, 15) is 24.8 Å². The monoisotopic (exact) mass is 442 g/mol. The van der Waals surface area contributed by atoms with E-state index in [1.807, 2.05) is 32.0 Å². The first-order valence-corrected chi connectivity index (χ1v) is 10.7. The van der Waals surface area contributed by atoms with Crippen molar-refractivity contribution in [1.82, 2.24) is 4.90 Å². The molecule has 4 rings (SSSR count). The van der Waals surface area contributed by atoms with Gasteiger partial charge in [-0.2, -0.15) is 0 Å². The van der Waals surface area contributed by atoms with Gasteiger partial charge in [-0.25, -0.2) is 4.79 Å². The van der Waals surface area contributed by atoms with Crippen molar-refractivity contribution in [1.29, 1.82) is 0 Å². The first-order chi connectivity index (χ1) is 14.7. The summed E-state index contributed by atoms with van der Waals surface area (Å²) < 4.78 is 4.87. The number of nitro benzene ring substituents is 1. The Hall–Kier alpha value is -2.91. The number of β-lactam (4-membered cyclic amide) rings is 1.